The third kappa shape index (κ3) is 9.26. The van der Waals surface area contributed by atoms with Gasteiger partial charge in [0.25, 0.3) is 0 Å². The van der Waals surface area contributed by atoms with E-state index in [0.717, 1.165) is 54.9 Å². The van der Waals surface area contributed by atoms with E-state index >= 15 is 0 Å². The molecule has 0 saturated carbocycles. The van der Waals surface area contributed by atoms with Crippen LogP contribution in [0.2, 0.25) is 0 Å². The van der Waals surface area contributed by atoms with E-state index in [4.69, 9.17) is 24.7 Å². The summed E-state index contributed by atoms with van der Waals surface area (Å²) >= 11 is 0. The minimum Gasteiger partial charge on any atom is -0.491 e. The van der Waals surface area contributed by atoms with Gasteiger partial charge in [0.05, 0.1) is 31.0 Å². The average Bonchev–Trinajstić information content (AvgIpc) is 4.03. The van der Waals surface area contributed by atoms with E-state index in [-0.39, 0.29) is 49.2 Å². The second-order valence-corrected chi connectivity index (χ2v) is 15.3. The van der Waals surface area contributed by atoms with Crippen molar-refractivity contribution in [2.24, 2.45) is 5.73 Å². The highest BCUT2D eigenvalue weighted by Crippen LogP contribution is 2.38. The lowest BCUT2D eigenvalue weighted by molar-refractivity contribution is -0.192. The van der Waals surface area contributed by atoms with Crippen molar-refractivity contribution >= 4 is 11.4 Å². The molecule has 2 aliphatic heterocycles. The van der Waals surface area contributed by atoms with Gasteiger partial charge in [-0.3, -0.25) is 0 Å². The number of nitrogens with zero attached hydrogens (tertiary/aromatic N) is 8. The fourth-order valence-corrected chi connectivity index (χ4v) is 7.63. The van der Waals surface area contributed by atoms with E-state index in [1.807, 2.05) is 80.6 Å². The fourth-order valence-electron chi connectivity index (χ4n) is 7.63. The van der Waals surface area contributed by atoms with Crippen LogP contribution in [0.1, 0.15) is 31.0 Å². The maximum atomic E-state index is 14.9. The predicted molar refractivity (Wildman–Crippen MR) is 221 cm³/mol. The number of halogens is 2. The van der Waals surface area contributed by atoms with Gasteiger partial charge >= 0.3 is 5.69 Å². The number of piperazine rings is 1. The molecule has 0 spiro atoms. The molecular weight excluding hydrogens is 773 g/mol. The number of aromatic nitrogens is 6. The normalized spacial score (nSPS) is 19.6. The van der Waals surface area contributed by atoms with Crippen LogP contribution in [0.3, 0.4) is 0 Å². The number of hydrogen-bond donors (Lipinski definition) is 1. The van der Waals surface area contributed by atoms with Crippen LogP contribution in [0, 0.1) is 11.6 Å². The van der Waals surface area contributed by atoms with Gasteiger partial charge in [0, 0.05) is 55.2 Å². The molecule has 0 bridgehead atoms. The Kier molecular flexibility index (Phi) is 12.3. The molecule has 8 rings (SSSR count). The summed E-state index contributed by atoms with van der Waals surface area (Å²) in [7, 11) is 0. The highest BCUT2D eigenvalue weighted by molar-refractivity contribution is 5.54. The molecule has 2 aromatic heterocycles. The first-order valence-corrected chi connectivity index (χ1v) is 20.1. The van der Waals surface area contributed by atoms with Crippen LogP contribution in [0.15, 0.2) is 121 Å². The molecule has 14 nitrogen and oxygen atoms in total. The largest absolute Gasteiger partial charge is 0.491 e. The van der Waals surface area contributed by atoms with E-state index in [1.165, 1.54) is 34.2 Å². The van der Waals surface area contributed by atoms with E-state index in [2.05, 4.69) is 37.1 Å². The lowest BCUT2D eigenvalue weighted by Crippen LogP contribution is -2.46. The van der Waals surface area contributed by atoms with Gasteiger partial charge in [-0.25, -0.2) is 32.5 Å². The molecular formula is C44H49F2N9O5. The Morgan fingerprint density at radius 2 is 1.55 bits per heavy atom. The molecule has 314 valence electrons. The Balaban J connectivity index is 0.806. The van der Waals surface area contributed by atoms with Gasteiger partial charge in [-0.2, -0.15) is 10.2 Å². The number of anilines is 2. The highest BCUT2D eigenvalue weighted by atomic mass is 19.1. The molecule has 2 aliphatic rings. The van der Waals surface area contributed by atoms with Crippen molar-refractivity contribution in [1.82, 2.24) is 29.1 Å². The molecule has 60 heavy (non-hydrogen) atoms. The maximum absolute atomic E-state index is 14.9. The van der Waals surface area contributed by atoms with Crippen molar-refractivity contribution in [1.29, 1.82) is 0 Å². The number of rotatable bonds is 16. The molecule has 2 N–H and O–H groups in total. The Hall–Kier alpha value is -5.94. The smallest absolute Gasteiger partial charge is 0.350 e. The molecule has 0 amide bonds. The summed E-state index contributed by atoms with van der Waals surface area (Å²) in [4.78, 5) is 22.0. The average molecular weight is 822 g/mol. The van der Waals surface area contributed by atoms with Gasteiger partial charge in [-0.1, -0.05) is 30.3 Å². The molecule has 4 aromatic carbocycles. The van der Waals surface area contributed by atoms with Gasteiger partial charge in [0.1, 0.15) is 55.6 Å². The third-order valence-corrected chi connectivity index (χ3v) is 11.1. The maximum Gasteiger partial charge on any atom is 0.350 e. The first kappa shape index (κ1) is 40.8. The molecule has 5 atom stereocenters. The minimum absolute atomic E-state index is 0.0240. The lowest BCUT2D eigenvalue weighted by Gasteiger charge is -2.37. The van der Waals surface area contributed by atoms with Crippen LogP contribution >= 0.6 is 0 Å². The standard InChI is InChI=1S/C44H49F2N9O5/c1-31(32(2)57-24-35(47)22-33-6-4-3-5-7-33)55-43(56)54(30-50-55)38-11-9-36(10-12-38)51-18-20-52(21-19-51)37-13-15-39(16-14-37)58-25-40-26-59-44(60-40,27-53-29-48-28-49-53)41-17-8-34(45)23-42(41)46/h3-17,23,28-32,35,40H,18-22,24-27,47H2,1-2H3/t31-,32-,35-,40-,44-/m0/s1. The SMILES string of the molecule is C[C@H](OC[C@@H](N)Cc1ccccc1)[C@H](C)n1ncn(-c2ccc(N3CCN(c4ccc(OC[C@H]5CO[C@](Cn6cncn6)(c6ccc(F)cc6F)O5)cc4)CC3)cc2)c1=O. The molecule has 4 heterocycles. The number of benzene rings is 4. The topological polar surface area (TPSA) is 140 Å². The molecule has 0 radical (unpaired) electrons. The van der Waals surface area contributed by atoms with Gasteiger partial charge < -0.3 is 34.5 Å². The van der Waals surface area contributed by atoms with Crippen LogP contribution in [0.4, 0.5) is 20.2 Å². The second-order valence-electron chi connectivity index (χ2n) is 15.3. The highest BCUT2D eigenvalue weighted by Gasteiger charge is 2.46. The number of nitrogens with two attached hydrogens (primary N) is 1. The van der Waals surface area contributed by atoms with Crippen molar-refractivity contribution in [3.05, 3.63) is 149 Å². The van der Waals surface area contributed by atoms with Crippen LogP contribution in [-0.2, 0) is 33.0 Å². The lowest BCUT2D eigenvalue weighted by atomic mass is 10.0. The van der Waals surface area contributed by atoms with Gasteiger partial charge in [0.2, 0.25) is 5.79 Å². The van der Waals surface area contributed by atoms with Gasteiger partial charge in [-0.15, -0.1) is 0 Å². The molecule has 0 aliphatic carbocycles. The number of hydrogen-bond acceptors (Lipinski definition) is 11. The quantitative estimate of drug-likeness (QED) is 0.139. The molecule has 0 unspecified atom stereocenters. The summed E-state index contributed by atoms with van der Waals surface area (Å²) in [6.45, 7) is 7.86. The van der Waals surface area contributed by atoms with E-state index < -0.39 is 23.5 Å². The van der Waals surface area contributed by atoms with Crippen molar-refractivity contribution in [2.45, 2.75) is 56.9 Å². The molecule has 6 aromatic rings. The van der Waals surface area contributed by atoms with Crippen LogP contribution in [0.25, 0.3) is 5.69 Å². The zero-order valence-corrected chi connectivity index (χ0v) is 33.6. The molecule has 2 saturated heterocycles. The van der Waals surface area contributed by atoms with E-state index in [9.17, 15) is 13.6 Å². The van der Waals surface area contributed by atoms with Crippen LogP contribution in [-0.4, -0.2) is 93.4 Å². The second kappa shape index (κ2) is 18.1. The fraction of sp³-hybridized carbons (Fsp3) is 0.364. The third-order valence-electron chi connectivity index (χ3n) is 11.1. The Bertz CT molecular complexity index is 2350. The zero-order chi connectivity index (χ0) is 41.6. The monoisotopic (exact) mass is 821 g/mol. The summed E-state index contributed by atoms with van der Waals surface area (Å²) in [5, 5.41) is 8.53. The molecule has 2 fully saturated rings. The molecule has 16 heteroatoms. The van der Waals surface area contributed by atoms with E-state index in [1.54, 1.807) is 10.9 Å². The van der Waals surface area contributed by atoms with Crippen molar-refractivity contribution < 1.29 is 27.7 Å². The van der Waals surface area contributed by atoms with E-state index in [0.29, 0.717) is 18.8 Å². The van der Waals surface area contributed by atoms with Crippen LogP contribution in [0.5, 0.6) is 5.75 Å². The first-order chi connectivity index (χ1) is 29.1. The Labute approximate surface area is 346 Å². The van der Waals surface area contributed by atoms with Crippen molar-refractivity contribution in [2.75, 3.05) is 55.8 Å². The Morgan fingerprint density at radius 3 is 2.22 bits per heavy atom. The summed E-state index contributed by atoms with van der Waals surface area (Å²) < 4.78 is 57.6. The summed E-state index contributed by atoms with van der Waals surface area (Å²) in [6, 6.07) is 28.8. The zero-order valence-electron chi connectivity index (χ0n) is 33.6. The minimum atomic E-state index is -1.52. The summed E-state index contributed by atoms with van der Waals surface area (Å²) in [5.41, 5.74) is 10.2. The Morgan fingerprint density at radius 1 is 0.867 bits per heavy atom. The first-order valence-electron chi connectivity index (χ1n) is 20.1. The van der Waals surface area contributed by atoms with Crippen molar-refractivity contribution in [3.8, 4) is 11.4 Å². The number of ether oxygens (including phenoxy) is 4. The van der Waals surface area contributed by atoms with Crippen LogP contribution < -0.4 is 26.0 Å². The summed E-state index contributed by atoms with van der Waals surface area (Å²) in [5.74, 6) is -2.33. The van der Waals surface area contributed by atoms with Crippen molar-refractivity contribution in [3.63, 3.8) is 0 Å². The predicted octanol–water partition coefficient (Wildman–Crippen LogP) is 5.11. The van der Waals surface area contributed by atoms with Gasteiger partial charge in [-0.05, 0) is 86.5 Å². The van der Waals surface area contributed by atoms with Gasteiger partial charge in [0.15, 0.2) is 0 Å². The summed E-state index contributed by atoms with van der Waals surface area (Å²) in [6.07, 6.45) is 4.33.